The molecule has 0 radical (unpaired) electrons. The van der Waals surface area contributed by atoms with E-state index in [1.54, 1.807) is 0 Å². The van der Waals surface area contributed by atoms with Gasteiger partial charge in [0.15, 0.2) is 5.60 Å². The average Bonchev–Trinajstić information content (AvgIpc) is 2.30. The molecule has 0 amide bonds. The Labute approximate surface area is 102 Å². The minimum Gasteiger partial charge on any atom is -0.467 e. The van der Waals surface area contributed by atoms with Gasteiger partial charge in [0, 0.05) is 13.1 Å². The molecule has 17 heavy (non-hydrogen) atoms. The maximum atomic E-state index is 11.2. The van der Waals surface area contributed by atoms with Gasteiger partial charge in [0.05, 0.1) is 7.11 Å². The van der Waals surface area contributed by atoms with Crippen molar-refractivity contribution in [2.24, 2.45) is 0 Å². The van der Waals surface area contributed by atoms with Gasteiger partial charge in [-0.25, -0.2) is 4.79 Å². The van der Waals surface area contributed by atoms with Crippen molar-refractivity contribution in [2.45, 2.75) is 26.0 Å². The van der Waals surface area contributed by atoms with Gasteiger partial charge in [-0.1, -0.05) is 29.8 Å². The largest absolute Gasteiger partial charge is 0.467 e. The van der Waals surface area contributed by atoms with Gasteiger partial charge < -0.3 is 15.2 Å². The Kier molecular flexibility index (Phi) is 4.66. The Bertz CT molecular complexity index is 371. The van der Waals surface area contributed by atoms with Crippen molar-refractivity contribution in [1.29, 1.82) is 0 Å². The summed E-state index contributed by atoms with van der Waals surface area (Å²) in [5, 5.41) is 12.8. The fourth-order valence-electron chi connectivity index (χ4n) is 1.45. The summed E-state index contributed by atoms with van der Waals surface area (Å²) >= 11 is 0. The minimum atomic E-state index is -1.49. The van der Waals surface area contributed by atoms with Gasteiger partial charge in [-0.05, 0) is 19.4 Å². The standard InChI is InChI=1S/C13H19NO3/c1-10-4-6-11(7-5-10)8-14-9-13(2,16)12(15)17-3/h4-7,14,16H,8-9H2,1-3H3. The molecule has 0 spiro atoms. The lowest BCUT2D eigenvalue weighted by atomic mass is 10.1. The van der Waals surface area contributed by atoms with Crippen LogP contribution < -0.4 is 5.32 Å². The van der Waals surface area contributed by atoms with Gasteiger partial charge in [0.25, 0.3) is 0 Å². The average molecular weight is 237 g/mol. The zero-order valence-corrected chi connectivity index (χ0v) is 10.5. The maximum absolute atomic E-state index is 11.2. The molecule has 0 saturated carbocycles. The number of benzene rings is 1. The van der Waals surface area contributed by atoms with E-state index in [2.05, 4.69) is 10.1 Å². The van der Waals surface area contributed by atoms with Gasteiger partial charge in [0.2, 0.25) is 0 Å². The molecule has 0 bridgehead atoms. The highest BCUT2D eigenvalue weighted by molar-refractivity contribution is 5.78. The monoisotopic (exact) mass is 237 g/mol. The Morgan fingerprint density at radius 1 is 1.41 bits per heavy atom. The molecule has 94 valence electrons. The summed E-state index contributed by atoms with van der Waals surface area (Å²) in [5.41, 5.74) is 0.825. The van der Waals surface area contributed by atoms with Gasteiger partial charge in [0.1, 0.15) is 0 Å². The summed E-state index contributed by atoms with van der Waals surface area (Å²) in [5.74, 6) is -0.631. The van der Waals surface area contributed by atoms with Crippen molar-refractivity contribution >= 4 is 5.97 Å². The third kappa shape index (κ3) is 4.17. The topological polar surface area (TPSA) is 58.6 Å². The van der Waals surface area contributed by atoms with Crippen LogP contribution in [0.15, 0.2) is 24.3 Å². The summed E-state index contributed by atoms with van der Waals surface area (Å²) in [6, 6.07) is 8.06. The number of rotatable bonds is 5. The molecule has 4 nitrogen and oxygen atoms in total. The summed E-state index contributed by atoms with van der Waals surface area (Å²) in [7, 11) is 1.26. The number of methoxy groups -OCH3 is 1. The van der Waals surface area contributed by atoms with E-state index < -0.39 is 11.6 Å². The lowest BCUT2D eigenvalue weighted by Gasteiger charge is -2.20. The Morgan fingerprint density at radius 3 is 2.53 bits per heavy atom. The van der Waals surface area contributed by atoms with Crippen molar-refractivity contribution in [1.82, 2.24) is 5.32 Å². The number of aliphatic hydroxyl groups is 1. The predicted molar refractivity (Wildman–Crippen MR) is 65.5 cm³/mol. The summed E-state index contributed by atoms with van der Waals surface area (Å²) < 4.78 is 4.50. The molecule has 1 atom stereocenters. The SMILES string of the molecule is COC(=O)C(C)(O)CNCc1ccc(C)cc1. The molecule has 4 heteroatoms. The molecule has 0 fully saturated rings. The van der Waals surface area contributed by atoms with Crippen molar-refractivity contribution in [2.75, 3.05) is 13.7 Å². The zero-order chi connectivity index (χ0) is 12.9. The lowest BCUT2D eigenvalue weighted by Crippen LogP contribution is -2.45. The highest BCUT2D eigenvalue weighted by atomic mass is 16.5. The van der Waals surface area contributed by atoms with Crippen LogP contribution in [0.25, 0.3) is 0 Å². The second-order valence-corrected chi connectivity index (χ2v) is 4.35. The number of hydrogen-bond donors (Lipinski definition) is 2. The van der Waals surface area contributed by atoms with Crippen LogP contribution in [0.1, 0.15) is 18.1 Å². The minimum absolute atomic E-state index is 0.160. The molecule has 1 aromatic rings. The van der Waals surface area contributed by atoms with Crippen LogP contribution in [0.5, 0.6) is 0 Å². The van der Waals surface area contributed by atoms with E-state index in [1.165, 1.54) is 19.6 Å². The van der Waals surface area contributed by atoms with E-state index in [0.29, 0.717) is 6.54 Å². The Balaban J connectivity index is 2.42. The first kappa shape index (κ1) is 13.7. The van der Waals surface area contributed by atoms with Crippen LogP contribution >= 0.6 is 0 Å². The third-order valence-corrected chi connectivity index (χ3v) is 2.54. The van der Waals surface area contributed by atoms with E-state index in [1.807, 2.05) is 31.2 Å². The van der Waals surface area contributed by atoms with Crippen LogP contribution in [-0.4, -0.2) is 30.3 Å². The van der Waals surface area contributed by atoms with Crippen LogP contribution in [0, 0.1) is 6.92 Å². The maximum Gasteiger partial charge on any atom is 0.338 e. The van der Waals surface area contributed by atoms with E-state index in [-0.39, 0.29) is 6.54 Å². The quantitative estimate of drug-likeness (QED) is 0.750. The van der Waals surface area contributed by atoms with Crippen LogP contribution in [0.2, 0.25) is 0 Å². The highest BCUT2D eigenvalue weighted by Gasteiger charge is 2.30. The smallest absolute Gasteiger partial charge is 0.338 e. The molecule has 0 aliphatic heterocycles. The Morgan fingerprint density at radius 2 is 2.00 bits per heavy atom. The van der Waals surface area contributed by atoms with E-state index >= 15 is 0 Å². The van der Waals surface area contributed by atoms with Gasteiger partial charge in [-0.15, -0.1) is 0 Å². The van der Waals surface area contributed by atoms with E-state index in [0.717, 1.165) is 5.56 Å². The van der Waals surface area contributed by atoms with Crippen molar-refractivity contribution < 1.29 is 14.6 Å². The van der Waals surface area contributed by atoms with Gasteiger partial charge >= 0.3 is 5.97 Å². The number of carbonyl (C=O) groups is 1. The number of ether oxygens (including phenoxy) is 1. The van der Waals surface area contributed by atoms with Crippen molar-refractivity contribution in [3.8, 4) is 0 Å². The molecule has 0 aliphatic carbocycles. The summed E-state index contributed by atoms with van der Waals surface area (Å²) in [6.45, 7) is 4.22. The van der Waals surface area contributed by atoms with Crippen molar-refractivity contribution in [3.63, 3.8) is 0 Å². The lowest BCUT2D eigenvalue weighted by molar-refractivity contribution is -0.159. The molecule has 2 N–H and O–H groups in total. The summed E-state index contributed by atoms with van der Waals surface area (Å²) in [4.78, 5) is 11.2. The second-order valence-electron chi connectivity index (χ2n) is 4.35. The number of nitrogens with one attached hydrogen (secondary N) is 1. The molecular weight excluding hydrogens is 218 g/mol. The molecule has 0 aromatic heterocycles. The normalized spacial score (nSPS) is 14.1. The number of esters is 1. The first-order valence-corrected chi connectivity index (χ1v) is 5.53. The van der Waals surface area contributed by atoms with E-state index in [9.17, 15) is 9.90 Å². The second kappa shape index (κ2) is 5.80. The van der Waals surface area contributed by atoms with Gasteiger partial charge in [-0.3, -0.25) is 0 Å². The van der Waals surface area contributed by atoms with Crippen LogP contribution in [0.4, 0.5) is 0 Å². The molecule has 0 heterocycles. The zero-order valence-electron chi connectivity index (χ0n) is 10.5. The molecular formula is C13H19NO3. The molecule has 0 saturated heterocycles. The molecule has 1 aromatic carbocycles. The van der Waals surface area contributed by atoms with E-state index in [4.69, 9.17) is 0 Å². The molecule has 0 aliphatic rings. The fraction of sp³-hybridized carbons (Fsp3) is 0.462. The highest BCUT2D eigenvalue weighted by Crippen LogP contribution is 2.06. The number of aryl methyl sites for hydroxylation is 1. The Hall–Kier alpha value is -1.39. The number of carbonyl (C=O) groups excluding carboxylic acids is 1. The first-order valence-electron chi connectivity index (χ1n) is 5.53. The fourth-order valence-corrected chi connectivity index (χ4v) is 1.45. The van der Waals surface area contributed by atoms with Crippen LogP contribution in [0.3, 0.4) is 0 Å². The first-order chi connectivity index (χ1) is 7.95. The van der Waals surface area contributed by atoms with Crippen LogP contribution in [-0.2, 0) is 16.1 Å². The molecule has 1 rings (SSSR count). The molecule has 1 unspecified atom stereocenters. The predicted octanol–water partition coefficient (Wildman–Crippen LogP) is 1.01. The summed E-state index contributed by atoms with van der Waals surface area (Å²) in [6.07, 6.45) is 0. The van der Waals surface area contributed by atoms with Gasteiger partial charge in [-0.2, -0.15) is 0 Å². The van der Waals surface area contributed by atoms with Crippen molar-refractivity contribution in [3.05, 3.63) is 35.4 Å². The number of hydrogen-bond acceptors (Lipinski definition) is 4. The third-order valence-electron chi connectivity index (χ3n) is 2.54.